The maximum Gasteiger partial charge on any atom is 0.155 e. The lowest BCUT2D eigenvalue weighted by Crippen LogP contribution is -2.33. The molecule has 0 saturated carbocycles. The average Bonchev–Trinajstić information content (AvgIpc) is 2.23. The maximum absolute atomic E-state index is 11.6. The maximum atomic E-state index is 11.6. The molecule has 0 N–H and O–H groups in total. The van der Waals surface area contributed by atoms with E-state index in [9.17, 15) is 4.79 Å². The molecule has 0 radical (unpaired) electrons. The molecule has 1 aliphatic carbocycles. The van der Waals surface area contributed by atoms with Gasteiger partial charge in [-0.2, -0.15) is 0 Å². The molecule has 0 spiro atoms. The van der Waals surface area contributed by atoms with E-state index >= 15 is 0 Å². The number of ketones is 1. The topological polar surface area (TPSA) is 17.1 Å². The van der Waals surface area contributed by atoms with Crippen molar-refractivity contribution in [3.63, 3.8) is 0 Å². The largest absolute Gasteiger partial charge is 0.295 e. The first kappa shape index (κ1) is 14.2. The summed E-state index contributed by atoms with van der Waals surface area (Å²) in [6, 6.07) is 0. The van der Waals surface area contributed by atoms with Crippen LogP contribution >= 0.6 is 0 Å². The van der Waals surface area contributed by atoms with E-state index in [4.69, 9.17) is 0 Å². The Morgan fingerprint density at radius 2 is 2.18 bits per heavy atom. The van der Waals surface area contributed by atoms with Crippen LogP contribution < -0.4 is 0 Å². The van der Waals surface area contributed by atoms with E-state index in [1.807, 2.05) is 6.08 Å². The summed E-state index contributed by atoms with van der Waals surface area (Å²) >= 11 is 0. The summed E-state index contributed by atoms with van der Waals surface area (Å²) in [5.74, 6) is 1.28. The number of hydrogen-bond donors (Lipinski definition) is 0. The second-order valence-corrected chi connectivity index (χ2v) is 5.84. The first-order valence-electron chi connectivity index (χ1n) is 6.74. The Kier molecular flexibility index (Phi) is 4.35. The van der Waals surface area contributed by atoms with Crippen LogP contribution in [0.5, 0.6) is 0 Å². The lowest BCUT2D eigenvalue weighted by Gasteiger charge is -2.40. The van der Waals surface area contributed by atoms with Gasteiger partial charge in [-0.25, -0.2) is 0 Å². The number of rotatable bonds is 3. The summed E-state index contributed by atoms with van der Waals surface area (Å²) in [6.07, 6.45) is 6.04. The van der Waals surface area contributed by atoms with Gasteiger partial charge in [0.15, 0.2) is 5.78 Å². The van der Waals surface area contributed by atoms with Gasteiger partial charge in [0.2, 0.25) is 0 Å². The molecule has 0 aliphatic heterocycles. The van der Waals surface area contributed by atoms with Crippen molar-refractivity contribution in [2.24, 2.45) is 17.3 Å². The number of allylic oxidation sites excluding steroid dienone is 4. The van der Waals surface area contributed by atoms with Gasteiger partial charge in [-0.1, -0.05) is 44.9 Å². The normalized spacial score (nSPS) is 30.8. The number of hydrogen-bond acceptors (Lipinski definition) is 1. The fourth-order valence-electron chi connectivity index (χ4n) is 2.87. The van der Waals surface area contributed by atoms with Crippen molar-refractivity contribution in [1.29, 1.82) is 0 Å². The smallest absolute Gasteiger partial charge is 0.155 e. The van der Waals surface area contributed by atoms with Crippen molar-refractivity contribution in [3.05, 3.63) is 23.3 Å². The van der Waals surface area contributed by atoms with E-state index in [1.165, 1.54) is 11.1 Å². The van der Waals surface area contributed by atoms with Crippen LogP contribution in [0.1, 0.15) is 54.4 Å². The second-order valence-electron chi connectivity index (χ2n) is 5.84. The van der Waals surface area contributed by atoms with Crippen LogP contribution in [-0.4, -0.2) is 5.78 Å². The minimum Gasteiger partial charge on any atom is -0.295 e. The van der Waals surface area contributed by atoms with Gasteiger partial charge in [0, 0.05) is 11.8 Å². The van der Waals surface area contributed by atoms with E-state index in [2.05, 4.69) is 47.6 Å². The van der Waals surface area contributed by atoms with Gasteiger partial charge < -0.3 is 0 Å². The van der Waals surface area contributed by atoms with Crippen LogP contribution in [0.3, 0.4) is 0 Å². The highest BCUT2D eigenvalue weighted by Crippen LogP contribution is 2.46. The first-order valence-corrected chi connectivity index (χ1v) is 6.74. The minimum absolute atomic E-state index is 0.0995. The monoisotopic (exact) mass is 234 g/mol. The second kappa shape index (κ2) is 5.20. The lowest BCUT2D eigenvalue weighted by atomic mass is 9.63. The zero-order chi connectivity index (χ0) is 13.2. The van der Waals surface area contributed by atoms with Crippen molar-refractivity contribution in [3.8, 4) is 0 Å². The van der Waals surface area contributed by atoms with Crippen molar-refractivity contribution < 1.29 is 4.79 Å². The van der Waals surface area contributed by atoms with Crippen molar-refractivity contribution in [2.45, 2.75) is 54.4 Å². The molecule has 1 heteroatoms. The molecule has 0 bridgehead atoms. The van der Waals surface area contributed by atoms with Gasteiger partial charge in [-0.3, -0.25) is 4.79 Å². The minimum atomic E-state index is 0.0995. The highest BCUT2D eigenvalue weighted by atomic mass is 16.1. The molecular weight excluding hydrogens is 208 g/mol. The molecule has 0 aromatic heterocycles. The van der Waals surface area contributed by atoms with Gasteiger partial charge in [0.1, 0.15) is 0 Å². The summed E-state index contributed by atoms with van der Waals surface area (Å²) in [5.41, 5.74) is 2.77. The van der Waals surface area contributed by atoms with Crippen LogP contribution in [0.4, 0.5) is 0 Å². The summed E-state index contributed by atoms with van der Waals surface area (Å²) in [4.78, 5) is 11.6. The summed E-state index contributed by atoms with van der Waals surface area (Å²) in [5, 5.41) is 0. The van der Waals surface area contributed by atoms with Crippen LogP contribution in [0.25, 0.3) is 0 Å². The predicted octanol–water partition coefficient (Wildman–Crippen LogP) is 4.54. The van der Waals surface area contributed by atoms with Crippen LogP contribution in [0, 0.1) is 17.3 Å². The first-order chi connectivity index (χ1) is 7.83. The predicted molar refractivity (Wildman–Crippen MR) is 73.9 cm³/mol. The van der Waals surface area contributed by atoms with E-state index in [-0.39, 0.29) is 11.2 Å². The highest BCUT2D eigenvalue weighted by molar-refractivity contribution is 5.92. The Hall–Kier alpha value is -0.850. The van der Waals surface area contributed by atoms with Crippen LogP contribution in [0.2, 0.25) is 0 Å². The summed E-state index contributed by atoms with van der Waals surface area (Å²) in [7, 11) is 0. The van der Waals surface area contributed by atoms with Gasteiger partial charge in [-0.05, 0) is 38.2 Å². The summed E-state index contributed by atoms with van der Waals surface area (Å²) < 4.78 is 0. The summed E-state index contributed by atoms with van der Waals surface area (Å²) in [6.45, 7) is 13.2. The van der Waals surface area contributed by atoms with Crippen molar-refractivity contribution in [1.82, 2.24) is 0 Å². The molecule has 0 fully saturated rings. The fraction of sp³-hybridized carbons (Fsp3) is 0.688. The quantitative estimate of drug-likeness (QED) is 0.655. The molecule has 1 aliphatic rings. The van der Waals surface area contributed by atoms with Gasteiger partial charge >= 0.3 is 0 Å². The van der Waals surface area contributed by atoms with E-state index in [0.29, 0.717) is 18.3 Å². The zero-order valence-corrected chi connectivity index (χ0v) is 12.1. The molecule has 0 heterocycles. The standard InChI is InChI=1S/C16H26O/c1-7-16(10-12(4)11(2)3)13(5)8-15(17)9-14(16)6/h8,10-11,14H,7,9H2,1-6H3/b12-10+/t14-,16?/m1/s1. The Morgan fingerprint density at radius 3 is 2.59 bits per heavy atom. The highest BCUT2D eigenvalue weighted by Gasteiger charge is 2.38. The Balaban J connectivity index is 3.23. The molecular formula is C16H26O. The third-order valence-electron chi connectivity index (χ3n) is 4.48. The van der Waals surface area contributed by atoms with Gasteiger partial charge in [-0.15, -0.1) is 0 Å². The molecule has 0 aromatic carbocycles. The number of carbonyl (C=O) groups excluding carboxylic acids is 1. The van der Waals surface area contributed by atoms with E-state index in [0.717, 1.165) is 6.42 Å². The Labute approximate surface area is 106 Å². The van der Waals surface area contributed by atoms with Gasteiger partial charge in [0.25, 0.3) is 0 Å². The number of carbonyl (C=O) groups is 1. The molecule has 0 aromatic rings. The van der Waals surface area contributed by atoms with Crippen LogP contribution in [-0.2, 0) is 4.79 Å². The molecule has 17 heavy (non-hydrogen) atoms. The fourth-order valence-corrected chi connectivity index (χ4v) is 2.87. The Bertz CT molecular complexity index is 360. The van der Waals surface area contributed by atoms with Crippen molar-refractivity contribution >= 4 is 5.78 Å². The molecule has 96 valence electrons. The molecule has 0 amide bonds. The van der Waals surface area contributed by atoms with Crippen molar-refractivity contribution in [2.75, 3.05) is 0 Å². The Morgan fingerprint density at radius 1 is 1.59 bits per heavy atom. The van der Waals surface area contributed by atoms with E-state index in [1.54, 1.807) is 0 Å². The zero-order valence-electron chi connectivity index (χ0n) is 12.1. The third-order valence-corrected chi connectivity index (χ3v) is 4.48. The third kappa shape index (κ3) is 2.70. The SMILES string of the molecule is CCC1(/C=C(\C)C(C)C)C(C)=CC(=O)C[C@H]1C. The molecule has 2 atom stereocenters. The molecule has 1 unspecified atom stereocenters. The van der Waals surface area contributed by atoms with Gasteiger partial charge in [0.05, 0.1) is 0 Å². The molecule has 1 rings (SSSR count). The van der Waals surface area contributed by atoms with E-state index < -0.39 is 0 Å². The van der Waals surface area contributed by atoms with Crippen LogP contribution in [0.15, 0.2) is 23.3 Å². The lowest BCUT2D eigenvalue weighted by molar-refractivity contribution is -0.116. The average molecular weight is 234 g/mol. The molecule has 1 nitrogen and oxygen atoms in total. The molecule has 0 saturated heterocycles.